The summed E-state index contributed by atoms with van der Waals surface area (Å²) in [4.78, 5) is 16.6. The third-order valence-electron chi connectivity index (χ3n) is 5.03. The smallest absolute Gasteiger partial charge is 0.220 e. The van der Waals surface area contributed by atoms with E-state index in [1.807, 2.05) is 30.3 Å². The summed E-state index contributed by atoms with van der Waals surface area (Å²) < 4.78 is 13.0. The maximum absolute atomic E-state index is 13.0. The molecule has 1 aliphatic heterocycles. The maximum Gasteiger partial charge on any atom is 0.220 e. The second-order valence-corrected chi connectivity index (χ2v) is 6.99. The number of anilines is 1. The predicted octanol–water partition coefficient (Wildman–Crippen LogP) is 3.09. The number of nitrogens with one attached hydrogen (secondary N) is 1. The molecular weight excluding hydrogens is 341 g/mol. The lowest BCUT2D eigenvalue weighted by Gasteiger charge is -2.36. The van der Waals surface area contributed by atoms with Crippen molar-refractivity contribution in [2.75, 3.05) is 44.2 Å². The van der Waals surface area contributed by atoms with Gasteiger partial charge in [0.1, 0.15) is 5.82 Å². The van der Waals surface area contributed by atoms with Crippen LogP contribution < -0.4 is 10.2 Å². The quantitative estimate of drug-likeness (QED) is 0.777. The molecule has 4 nitrogen and oxygen atoms in total. The van der Waals surface area contributed by atoms with E-state index in [1.165, 1.54) is 17.7 Å². The first-order chi connectivity index (χ1) is 13.2. The van der Waals surface area contributed by atoms with Crippen LogP contribution in [0.5, 0.6) is 0 Å². The molecule has 1 saturated heterocycles. The Labute approximate surface area is 161 Å². The zero-order valence-corrected chi connectivity index (χ0v) is 15.7. The average molecular weight is 369 g/mol. The molecule has 0 radical (unpaired) electrons. The Hall–Kier alpha value is -2.40. The van der Waals surface area contributed by atoms with Gasteiger partial charge >= 0.3 is 0 Å². The van der Waals surface area contributed by atoms with Crippen molar-refractivity contribution in [3.63, 3.8) is 0 Å². The van der Waals surface area contributed by atoms with E-state index in [0.717, 1.165) is 51.3 Å². The highest BCUT2D eigenvalue weighted by Crippen LogP contribution is 2.16. The number of rotatable bonds is 8. The number of hydrogen-bond acceptors (Lipinski definition) is 3. The second-order valence-electron chi connectivity index (χ2n) is 6.99. The minimum atomic E-state index is -0.197. The number of piperazine rings is 1. The summed E-state index contributed by atoms with van der Waals surface area (Å²) in [5, 5.41) is 3.03. The van der Waals surface area contributed by atoms with Gasteiger partial charge in [-0.25, -0.2) is 4.39 Å². The van der Waals surface area contributed by atoms with E-state index in [0.29, 0.717) is 13.0 Å². The van der Waals surface area contributed by atoms with Crippen LogP contribution in [0.1, 0.15) is 18.4 Å². The van der Waals surface area contributed by atoms with Gasteiger partial charge in [0.2, 0.25) is 5.91 Å². The Morgan fingerprint density at radius 2 is 1.67 bits per heavy atom. The van der Waals surface area contributed by atoms with Crippen molar-refractivity contribution in [1.82, 2.24) is 10.2 Å². The van der Waals surface area contributed by atoms with Crippen LogP contribution in [0.15, 0.2) is 54.6 Å². The fourth-order valence-electron chi connectivity index (χ4n) is 3.42. The molecule has 5 heteroatoms. The summed E-state index contributed by atoms with van der Waals surface area (Å²) in [5.74, 6) is -0.0622. The van der Waals surface area contributed by atoms with Crippen LogP contribution in [0.25, 0.3) is 0 Å². The van der Waals surface area contributed by atoms with Crippen LogP contribution in [0.2, 0.25) is 0 Å². The van der Waals surface area contributed by atoms with E-state index in [4.69, 9.17) is 0 Å². The van der Waals surface area contributed by atoms with E-state index >= 15 is 0 Å². The molecule has 1 N–H and O–H groups in total. The SMILES string of the molecule is O=C(CCCc1ccccc1)NCCN1CCN(c2ccc(F)cc2)CC1. The highest BCUT2D eigenvalue weighted by Gasteiger charge is 2.17. The average Bonchev–Trinajstić information content (AvgIpc) is 2.70. The number of carbonyl (C=O) groups excluding carboxylic acids is 1. The van der Waals surface area contributed by atoms with Crippen LogP contribution >= 0.6 is 0 Å². The first-order valence-electron chi connectivity index (χ1n) is 9.74. The van der Waals surface area contributed by atoms with Crippen molar-refractivity contribution >= 4 is 11.6 Å². The van der Waals surface area contributed by atoms with E-state index in [1.54, 1.807) is 0 Å². The molecule has 1 heterocycles. The molecule has 1 amide bonds. The molecule has 144 valence electrons. The summed E-state index contributed by atoms with van der Waals surface area (Å²) >= 11 is 0. The third-order valence-corrected chi connectivity index (χ3v) is 5.03. The number of aryl methyl sites for hydroxylation is 1. The van der Waals surface area contributed by atoms with E-state index in [-0.39, 0.29) is 11.7 Å². The number of amides is 1. The molecule has 1 aliphatic rings. The lowest BCUT2D eigenvalue weighted by molar-refractivity contribution is -0.121. The van der Waals surface area contributed by atoms with Gasteiger partial charge in [0, 0.05) is 51.4 Å². The predicted molar refractivity (Wildman–Crippen MR) is 107 cm³/mol. The molecule has 0 saturated carbocycles. The minimum Gasteiger partial charge on any atom is -0.369 e. The first kappa shape index (κ1) is 19.4. The summed E-state index contributed by atoms with van der Waals surface area (Å²) in [7, 11) is 0. The summed E-state index contributed by atoms with van der Waals surface area (Å²) in [6.45, 7) is 5.35. The molecule has 3 rings (SSSR count). The largest absolute Gasteiger partial charge is 0.369 e. The lowest BCUT2D eigenvalue weighted by atomic mass is 10.1. The van der Waals surface area contributed by atoms with Crippen molar-refractivity contribution in [3.05, 3.63) is 66.0 Å². The highest BCUT2D eigenvalue weighted by molar-refractivity contribution is 5.75. The number of nitrogens with zero attached hydrogens (tertiary/aromatic N) is 2. The Bertz CT molecular complexity index is 697. The number of benzene rings is 2. The van der Waals surface area contributed by atoms with Crippen LogP contribution in [0, 0.1) is 5.82 Å². The second kappa shape index (κ2) is 10.1. The molecule has 2 aromatic carbocycles. The molecule has 0 aliphatic carbocycles. The molecule has 2 aromatic rings. The molecule has 0 aromatic heterocycles. The van der Waals surface area contributed by atoms with Crippen molar-refractivity contribution in [3.8, 4) is 0 Å². The van der Waals surface area contributed by atoms with Gasteiger partial charge in [0.25, 0.3) is 0 Å². The molecular formula is C22H28FN3O. The number of hydrogen-bond donors (Lipinski definition) is 1. The van der Waals surface area contributed by atoms with Crippen LogP contribution in [-0.4, -0.2) is 50.1 Å². The van der Waals surface area contributed by atoms with Gasteiger partial charge in [-0.2, -0.15) is 0 Å². The van der Waals surface area contributed by atoms with Gasteiger partial charge in [0.05, 0.1) is 0 Å². The molecule has 0 bridgehead atoms. The Morgan fingerprint density at radius 1 is 0.963 bits per heavy atom. The molecule has 27 heavy (non-hydrogen) atoms. The first-order valence-corrected chi connectivity index (χ1v) is 9.74. The van der Waals surface area contributed by atoms with Crippen molar-refractivity contribution in [1.29, 1.82) is 0 Å². The fourth-order valence-corrected chi connectivity index (χ4v) is 3.42. The fraction of sp³-hybridized carbons (Fsp3) is 0.409. The van der Waals surface area contributed by atoms with Gasteiger partial charge in [-0.1, -0.05) is 30.3 Å². The third kappa shape index (κ3) is 6.36. The summed E-state index contributed by atoms with van der Waals surface area (Å²) in [5.41, 5.74) is 2.35. The van der Waals surface area contributed by atoms with Gasteiger partial charge in [-0.05, 0) is 42.7 Å². The minimum absolute atomic E-state index is 0.135. The maximum atomic E-state index is 13.0. The Morgan fingerprint density at radius 3 is 2.37 bits per heavy atom. The zero-order chi connectivity index (χ0) is 18.9. The topological polar surface area (TPSA) is 35.6 Å². The molecule has 0 unspecified atom stereocenters. The van der Waals surface area contributed by atoms with E-state index in [2.05, 4.69) is 27.2 Å². The lowest BCUT2D eigenvalue weighted by Crippen LogP contribution is -2.48. The van der Waals surface area contributed by atoms with E-state index < -0.39 is 0 Å². The van der Waals surface area contributed by atoms with Gasteiger partial charge in [-0.3, -0.25) is 9.69 Å². The van der Waals surface area contributed by atoms with E-state index in [9.17, 15) is 9.18 Å². The van der Waals surface area contributed by atoms with Crippen molar-refractivity contribution in [2.45, 2.75) is 19.3 Å². The van der Waals surface area contributed by atoms with Crippen molar-refractivity contribution in [2.24, 2.45) is 0 Å². The Kier molecular flexibility index (Phi) is 7.22. The van der Waals surface area contributed by atoms with Gasteiger partial charge < -0.3 is 10.2 Å². The van der Waals surface area contributed by atoms with Crippen molar-refractivity contribution < 1.29 is 9.18 Å². The molecule has 1 fully saturated rings. The van der Waals surface area contributed by atoms with Crippen LogP contribution in [-0.2, 0) is 11.2 Å². The normalized spacial score (nSPS) is 14.9. The van der Waals surface area contributed by atoms with Gasteiger partial charge in [-0.15, -0.1) is 0 Å². The van der Waals surface area contributed by atoms with Crippen LogP contribution in [0.4, 0.5) is 10.1 Å². The van der Waals surface area contributed by atoms with Crippen LogP contribution in [0.3, 0.4) is 0 Å². The standard InChI is InChI=1S/C22H28FN3O/c23-20-9-11-21(12-10-20)26-17-15-25(16-18-26)14-13-24-22(27)8-4-7-19-5-2-1-3-6-19/h1-3,5-6,9-12H,4,7-8,13-18H2,(H,24,27). The monoisotopic (exact) mass is 369 g/mol. The molecule has 0 atom stereocenters. The zero-order valence-electron chi connectivity index (χ0n) is 15.7. The molecule has 0 spiro atoms. The highest BCUT2D eigenvalue weighted by atomic mass is 19.1. The number of carbonyl (C=O) groups is 1. The Balaban J connectivity index is 1.27. The summed E-state index contributed by atoms with van der Waals surface area (Å²) in [6, 6.07) is 17.0. The van der Waals surface area contributed by atoms with Gasteiger partial charge in [0.15, 0.2) is 0 Å². The summed E-state index contributed by atoms with van der Waals surface area (Å²) in [6.07, 6.45) is 2.40. The number of halogens is 1.